The zero-order chi connectivity index (χ0) is 13.1. The zero-order valence-corrected chi connectivity index (χ0v) is 11.3. The van der Waals surface area contributed by atoms with E-state index in [1.807, 2.05) is 0 Å². The molecule has 0 spiro atoms. The Balaban J connectivity index is 0.00000180. The summed E-state index contributed by atoms with van der Waals surface area (Å²) in [5.41, 5.74) is 0.827. The first kappa shape index (κ1) is 15.1. The van der Waals surface area contributed by atoms with Crippen LogP contribution in [0.4, 0.5) is 4.79 Å². The minimum atomic E-state index is -0.442. The maximum atomic E-state index is 11.0. The lowest BCUT2D eigenvalue weighted by Crippen LogP contribution is -2.18. The SMILES string of the molecule is COc1cc([C@H]2COC(=O)N2)ccc1OC(C)=O.Cl. The molecule has 6 nitrogen and oxygen atoms in total. The monoisotopic (exact) mass is 287 g/mol. The minimum absolute atomic E-state index is 0. The fourth-order valence-corrected chi connectivity index (χ4v) is 1.70. The number of carbonyl (C=O) groups is 2. The number of halogens is 1. The average Bonchev–Trinajstić information content (AvgIpc) is 2.75. The van der Waals surface area contributed by atoms with Gasteiger partial charge in [0.15, 0.2) is 11.5 Å². The van der Waals surface area contributed by atoms with Crippen LogP contribution in [0.5, 0.6) is 11.5 Å². The fraction of sp³-hybridized carbons (Fsp3) is 0.333. The molecule has 0 radical (unpaired) electrons. The molecular formula is C12H14ClNO5. The van der Waals surface area contributed by atoms with Crippen LogP contribution in [0, 0.1) is 0 Å². The molecule has 1 amide bonds. The van der Waals surface area contributed by atoms with Gasteiger partial charge in [-0.15, -0.1) is 12.4 Å². The number of rotatable bonds is 3. The maximum absolute atomic E-state index is 11.0. The summed E-state index contributed by atoms with van der Waals surface area (Å²) in [6.45, 7) is 1.59. The van der Waals surface area contributed by atoms with E-state index in [0.29, 0.717) is 11.5 Å². The topological polar surface area (TPSA) is 73.9 Å². The Kier molecular flexibility index (Phi) is 5.00. The predicted molar refractivity (Wildman–Crippen MR) is 68.8 cm³/mol. The van der Waals surface area contributed by atoms with Gasteiger partial charge >= 0.3 is 12.1 Å². The summed E-state index contributed by atoms with van der Waals surface area (Å²) in [5.74, 6) is 0.362. The van der Waals surface area contributed by atoms with Crippen molar-refractivity contribution in [2.75, 3.05) is 13.7 Å². The van der Waals surface area contributed by atoms with Gasteiger partial charge in [-0.1, -0.05) is 6.07 Å². The average molecular weight is 288 g/mol. The first-order valence-corrected chi connectivity index (χ1v) is 5.40. The Morgan fingerprint density at radius 2 is 2.16 bits per heavy atom. The van der Waals surface area contributed by atoms with Crippen LogP contribution in [0.1, 0.15) is 18.5 Å². The minimum Gasteiger partial charge on any atom is -0.493 e. The van der Waals surface area contributed by atoms with Crippen molar-refractivity contribution >= 4 is 24.5 Å². The van der Waals surface area contributed by atoms with E-state index < -0.39 is 12.1 Å². The molecule has 19 heavy (non-hydrogen) atoms. The van der Waals surface area contributed by atoms with E-state index in [1.54, 1.807) is 18.2 Å². The smallest absolute Gasteiger partial charge is 0.407 e. The molecule has 0 unspecified atom stereocenters. The van der Waals surface area contributed by atoms with Crippen LogP contribution in [-0.4, -0.2) is 25.8 Å². The number of carbonyl (C=O) groups excluding carboxylic acids is 2. The summed E-state index contributed by atoms with van der Waals surface area (Å²) in [7, 11) is 1.48. The van der Waals surface area contributed by atoms with Gasteiger partial charge in [-0.2, -0.15) is 0 Å². The third kappa shape index (κ3) is 3.51. The quantitative estimate of drug-likeness (QED) is 0.678. The number of hydrogen-bond acceptors (Lipinski definition) is 5. The van der Waals surface area contributed by atoms with Gasteiger partial charge in [0, 0.05) is 6.92 Å². The van der Waals surface area contributed by atoms with E-state index in [1.165, 1.54) is 14.0 Å². The van der Waals surface area contributed by atoms with Crippen LogP contribution < -0.4 is 14.8 Å². The molecule has 1 N–H and O–H groups in total. The standard InChI is InChI=1S/C12H13NO5.ClH/c1-7(14)18-10-4-3-8(5-11(10)16-2)9-6-17-12(15)13-9;/h3-5,9H,6H2,1-2H3,(H,13,15);1H/t9-;/m1./s1. The van der Waals surface area contributed by atoms with Crippen LogP contribution in [0.15, 0.2) is 18.2 Å². The number of cyclic esters (lactones) is 1. The molecule has 104 valence electrons. The van der Waals surface area contributed by atoms with E-state index in [4.69, 9.17) is 14.2 Å². The van der Waals surface area contributed by atoms with Gasteiger partial charge in [-0.25, -0.2) is 4.79 Å². The highest BCUT2D eigenvalue weighted by Gasteiger charge is 2.24. The second kappa shape index (κ2) is 6.29. The lowest BCUT2D eigenvalue weighted by Gasteiger charge is -2.12. The van der Waals surface area contributed by atoms with Crippen molar-refractivity contribution in [2.24, 2.45) is 0 Å². The van der Waals surface area contributed by atoms with E-state index in [2.05, 4.69) is 5.32 Å². The van der Waals surface area contributed by atoms with Crippen molar-refractivity contribution in [1.29, 1.82) is 0 Å². The normalized spacial score (nSPS) is 16.9. The Morgan fingerprint density at radius 1 is 1.42 bits per heavy atom. The van der Waals surface area contributed by atoms with Crippen molar-refractivity contribution in [2.45, 2.75) is 13.0 Å². The zero-order valence-electron chi connectivity index (χ0n) is 10.5. The number of nitrogens with one attached hydrogen (secondary N) is 1. The predicted octanol–water partition coefficient (Wildman–Crippen LogP) is 1.82. The highest BCUT2D eigenvalue weighted by molar-refractivity contribution is 5.85. The first-order valence-electron chi connectivity index (χ1n) is 5.40. The van der Waals surface area contributed by atoms with Gasteiger partial charge in [-0.05, 0) is 17.7 Å². The lowest BCUT2D eigenvalue weighted by molar-refractivity contribution is -0.132. The highest BCUT2D eigenvalue weighted by Crippen LogP contribution is 2.31. The Labute approximate surface area is 116 Å². The molecule has 1 aliphatic rings. The van der Waals surface area contributed by atoms with Gasteiger partial charge in [0.05, 0.1) is 13.2 Å². The lowest BCUT2D eigenvalue weighted by atomic mass is 10.1. The molecule has 1 fully saturated rings. The number of ether oxygens (including phenoxy) is 3. The van der Waals surface area contributed by atoms with Crippen LogP contribution in [-0.2, 0) is 9.53 Å². The third-order valence-corrected chi connectivity index (χ3v) is 2.52. The Morgan fingerprint density at radius 3 is 2.68 bits per heavy atom. The summed E-state index contributed by atoms with van der Waals surface area (Å²) in [6.07, 6.45) is -0.442. The molecule has 0 aromatic heterocycles. The summed E-state index contributed by atoms with van der Waals surface area (Å²) in [5, 5.41) is 2.66. The first-order chi connectivity index (χ1) is 8.60. The van der Waals surface area contributed by atoms with Gasteiger partial charge in [-0.3, -0.25) is 4.79 Å². The van der Waals surface area contributed by atoms with Crippen molar-refractivity contribution in [3.8, 4) is 11.5 Å². The fourth-order valence-electron chi connectivity index (χ4n) is 1.70. The number of hydrogen-bond donors (Lipinski definition) is 1. The number of benzene rings is 1. The molecule has 7 heteroatoms. The molecule has 1 aromatic carbocycles. The van der Waals surface area contributed by atoms with E-state index in [9.17, 15) is 9.59 Å². The summed E-state index contributed by atoms with van der Waals surface area (Å²) in [6, 6.07) is 4.87. The molecule has 2 rings (SSSR count). The van der Waals surface area contributed by atoms with Crippen LogP contribution in [0.3, 0.4) is 0 Å². The molecule has 1 aliphatic heterocycles. The molecule has 1 atom stereocenters. The van der Waals surface area contributed by atoms with Crippen molar-refractivity contribution in [1.82, 2.24) is 5.32 Å². The van der Waals surface area contributed by atoms with Gasteiger partial charge in [0.1, 0.15) is 6.61 Å². The maximum Gasteiger partial charge on any atom is 0.407 e. The second-order valence-corrected chi connectivity index (χ2v) is 3.80. The van der Waals surface area contributed by atoms with Crippen molar-refractivity contribution in [3.63, 3.8) is 0 Å². The molecule has 0 saturated carbocycles. The largest absolute Gasteiger partial charge is 0.493 e. The number of alkyl carbamates (subject to hydrolysis) is 1. The molecule has 1 saturated heterocycles. The Hall–Kier alpha value is -1.95. The van der Waals surface area contributed by atoms with Crippen molar-refractivity contribution < 1.29 is 23.8 Å². The van der Waals surface area contributed by atoms with Gasteiger partial charge in [0.2, 0.25) is 0 Å². The highest BCUT2D eigenvalue weighted by atomic mass is 35.5. The van der Waals surface area contributed by atoms with Crippen molar-refractivity contribution in [3.05, 3.63) is 23.8 Å². The number of esters is 1. The third-order valence-electron chi connectivity index (χ3n) is 2.52. The van der Waals surface area contributed by atoms with E-state index >= 15 is 0 Å². The van der Waals surface area contributed by atoms with Gasteiger partial charge in [0.25, 0.3) is 0 Å². The number of amides is 1. The number of methoxy groups -OCH3 is 1. The molecule has 0 bridgehead atoms. The van der Waals surface area contributed by atoms with Crippen LogP contribution >= 0.6 is 12.4 Å². The molecule has 0 aliphatic carbocycles. The van der Waals surface area contributed by atoms with Crippen LogP contribution in [0.25, 0.3) is 0 Å². The second-order valence-electron chi connectivity index (χ2n) is 3.80. The molecule has 1 heterocycles. The molecule has 1 aromatic rings. The Bertz CT molecular complexity index is 491. The van der Waals surface area contributed by atoms with Gasteiger partial charge < -0.3 is 19.5 Å². The molecular weight excluding hydrogens is 274 g/mol. The summed E-state index contributed by atoms with van der Waals surface area (Å²) >= 11 is 0. The summed E-state index contributed by atoms with van der Waals surface area (Å²) in [4.78, 5) is 21.9. The van der Waals surface area contributed by atoms with Crippen LogP contribution in [0.2, 0.25) is 0 Å². The van der Waals surface area contributed by atoms with E-state index in [-0.39, 0.29) is 25.1 Å². The van der Waals surface area contributed by atoms with E-state index in [0.717, 1.165) is 5.56 Å². The summed E-state index contributed by atoms with van der Waals surface area (Å²) < 4.78 is 14.9.